The maximum Gasteiger partial charge on any atom is 0.254 e. The topological polar surface area (TPSA) is 29.5 Å². The summed E-state index contributed by atoms with van der Waals surface area (Å²) in [6, 6.07) is 8.34. The molecular formula is C15H18INO2. The van der Waals surface area contributed by atoms with E-state index in [1.54, 1.807) is 0 Å². The Balaban J connectivity index is 1.73. The summed E-state index contributed by atoms with van der Waals surface area (Å²) >= 11 is 2.25. The minimum absolute atomic E-state index is 0.188. The molecule has 1 saturated carbocycles. The molecule has 1 amide bonds. The van der Waals surface area contributed by atoms with Crippen molar-refractivity contribution >= 4 is 28.5 Å². The smallest absolute Gasteiger partial charge is 0.254 e. The number of hydrogen-bond acceptors (Lipinski definition) is 2. The predicted octanol–water partition coefficient (Wildman–Crippen LogP) is 2.93. The van der Waals surface area contributed by atoms with E-state index in [0.717, 1.165) is 48.2 Å². The van der Waals surface area contributed by atoms with E-state index in [4.69, 9.17) is 4.74 Å². The maximum atomic E-state index is 12.6. The molecule has 1 aliphatic heterocycles. The Labute approximate surface area is 127 Å². The molecule has 1 aromatic rings. The Morgan fingerprint density at radius 1 is 1.37 bits per heavy atom. The molecule has 19 heavy (non-hydrogen) atoms. The lowest BCUT2D eigenvalue weighted by atomic mass is 10.1. The van der Waals surface area contributed by atoms with Gasteiger partial charge in [-0.1, -0.05) is 6.07 Å². The van der Waals surface area contributed by atoms with Crippen LogP contribution in [0, 0.1) is 9.49 Å². The molecule has 0 N–H and O–H groups in total. The molecule has 0 spiro atoms. The molecule has 1 aliphatic carbocycles. The molecule has 2 aliphatic rings. The van der Waals surface area contributed by atoms with E-state index in [-0.39, 0.29) is 5.91 Å². The van der Waals surface area contributed by atoms with Gasteiger partial charge in [-0.05, 0) is 60.1 Å². The van der Waals surface area contributed by atoms with Gasteiger partial charge in [-0.3, -0.25) is 4.79 Å². The standard InChI is InChI=1S/C15H18INO2/c16-13-3-1-2-12(8-13)15(18)17(14-4-5-14)9-11-6-7-19-10-11/h1-3,8,11,14H,4-7,9-10H2. The SMILES string of the molecule is O=C(c1cccc(I)c1)N(CC1CCOC1)C1CC1. The van der Waals surface area contributed by atoms with Gasteiger partial charge in [-0.25, -0.2) is 0 Å². The average Bonchev–Trinajstić information content (AvgIpc) is 3.12. The van der Waals surface area contributed by atoms with Gasteiger partial charge in [0.1, 0.15) is 0 Å². The van der Waals surface area contributed by atoms with Gasteiger partial charge >= 0.3 is 0 Å². The molecule has 3 nitrogen and oxygen atoms in total. The molecule has 4 heteroatoms. The molecular weight excluding hydrogens is 353 g/mol. The van der Waals surface area contributed by atoms with Crippen molar-refractivity contribution in [3.63, 3.8) is 0 Å². The van der Waals surface area contributed by atoms with Crippen LogP contribution in [0.4, 0.5) is 0 Å². The fraction of sp³-hybridized carbons (Fsp3) is 0.533. The number of carbonyl (C=O) groups is 1. The number of hydrogen-bond donors (Lipinski definition) is 0. The first-order chi connectivity index (χ1) is 9.24. The number of halogens is 1. The van der Waals surface area contributed by atoms with E-state index >= 15 is 0 Å². The molecule has 3 rings (SSSR count). The quantitative estimate of drug-likeness (QED) is 0.762. The Kier molecular flexibility index (Phi) is 4.07. The van der Waals surface area contributed by atoms with Crippen LogP contribution in [0.25, 0.3) is 0 Å². The average molecular weight is 371 g/mol. The molecule has 2 fully saturated rings. The van der Waals surface area contributed by atoms with Gasteiger partial charge in [0.25, 0.3) is 5.91 Å². The number of rotatable bonds is 4. The van der Waals surface area contributed by atoms with Gasteiger partial charge in [0, 0.05) is 34.2 Å². The molecule has 0 aromatic heterocycles. The second kappa shape index (κ2) is 5.79. The van der Waals surface area contributed by atoms with Gasteiger partial charge in [0.15, 0.2) is 0 Å². The van der Waals surface area contributed by atoms with Crippen molar-refractivity contribution in [1.82, 2.24) is 4.90 Å². The van der Waals surface area contributed by atoms with E-state index in [9.17, 15) is 4.79 Å². The molecule has 0 radical (unpaired) electrons. The van der Waals surface area contributed by atoms with Crippen molar-refractivity contribution in [1.29, 1.82) is 0 Å². The van der Waals surface area contributed by atoms with Crippen LogP contribution < -0.4 is 0 Å². The fourth-order valence-electron chi connectivity index (χ4n) is 2.58. The first-order valence-electron chi connectivity index (χ1n) is 6.88. The first kappa shape index (κ1) is 13.4. The highest BCUT2D eigenvalue weighted by molar-refractivity contribution is 14.1. The summed E-state index contributed by atoms with van der Waals surface area (Å²) < 4.78 is 6.54. The summed E-state index contributed by atoms with van der Waals surface area (Å²) in [4.78, 5) is 14.7. The van der Waals surface area contributed by atoms with Crippen LogP contribution in [0.1, 0.15) is 29.6 Å². The second-order valence-corrected chi connectivity index (χ2v) is 6.67. The van der Waals surface area contributed by atoms with Crippen LogP contribution in [0.3, 0.4) is 0 Å². The van der Waals surface area contributed by atoms with Crippen LogP contribution in [0.5, 0.6) is 0 Å². The summed E-state index contributed by atoms with van der Waals surface area (Å²) in [5, 5.41) is 0. The van der Waals surface area contributed by atoms with Gasteiger partial charge in [-0.15, -0.1) is 0 Å². The van der Waals surface area contributed by atoms with Gasteiger partial charge in [0.05, 0.1) is 6.61 Å². The predicted molar refractivity (Wildman–Crippen MR) is 82.1 cm³/mol. The zero-order chi connectivity index (χ0) is 13.2. The molecule has 0 bridgehead atoms. The second-order valence-electron chi connectivity index (χ2n) is 5.43. The Hall–Kier alpha value is -0.620. The highest BCUT2D eigenvalue weighted by Crippen LogP contribution is 2.30. The van der Waals surface area contributed by atoms with E-state index in [0.29, 0.717) is 12.0 Å². The zero-order valence-corrected chi connectivity index (χ0v) is 13.0. The van der Waals surface area contributed by atoms with Crippen molar-refractivity contribution in [2.24, 2.45) is 5.92 Å². The summed E-state index contributed by atoms with van der Waals surface area (Å²) in [5.74, 6) is 0.709. The third-order valence-electron chi connectivity index (χ3n) is 3.80. The number of amides is 1. The Morgan fingerprint density at radius 3 is 2.84 bits per heavy atom. The molecule has 1 unspecified atom stereocenters. The Bertz CT molecular complexity index is 467. The molecule has 1 atom stereocenters. The largest absolute Gasteiger partial charge is 0.381 e. The van der Waals surface area contributed by atoms with Crippen molar-refractivity contribution in [3.05, 3.63) is 33.4 Å². The zero-order valence-electron chi connectivity index (χ0n) is 10.8. The van der Waals surface area contributed by atoms with Crippen LogP contribution >= 0.6 is 22.6 Å². The monoisotopic (exact) mass is 371 g/mol. The first-order valence-corrected chi connectivity index (χ1v) is 7.96. The van der Waals surface area contributed by atoms with Crippen molar-refractivity contribution in [3.8, 4) is 0 Å². The minimum atomic E-state index is 0.188. The van der Waals surface area contributed by atoms with Gasteiger partial charge < -0.3 is 9.64 Å². The number of benzene rings is 1. The number of nitrogens with zero attached hydrogens (tertiary/aromatic N) is 1. The number of carbonyl (C=O) groups excluding carboxylic acids is 1. The van der Waals surface area contributed by atoms with E-state index in [2.05, 4.69) is 27.5 Å². The van der Waals surface area contributed by atoms with Crippen molar-refractivity contribution in [2.45, 2.75) is 25.3 Å². The fourth-order valence-corrected chi connectivity index (χ4v) is 3.12. The third kappa shape index (κ3) is 3.28. The molecule has 102 valence electrons. The van der Waals surface area contributed by atoms with Crippen molar-refractivity contribution < 1.29 is 9.53 Å². The van der Waals surface area contributed by atoms with E-state index in [1.165, 1.54) is 0 Å². The lowest BCUT2D eigenvalue weighted by molar-refractivity contribution is 0.0706. The summed E-state index contributed by atoms with van der Waals surface area (Å²) in [6.07, 6.45) is 3.40. The van der Waals surface area contributed by atoms with Crippen LogP contribution in [0.15, 0.2) is 24.3 Å². The van der Waals surface area contributed by atoms with Crippen LogP contribution in [0.2, 0.25) is 0 Å². The van der Waals surface area contributed by atoms with Gasteiger partial charge in [0.2, 0.25) is 0 Å². The maximum absolute atomic E-state index is 12.6. The minimum Gasteiger partial charge on any atom is -0.381 e. The van der Waals surface area contributed by atoms with E-state index in [1.807, 2.05) is 24.3 Å². The lowest BCUT2D eigenvalue weighted by Gasteiger charge is -2.25. The summed E-state index contributed by atoms with van der Waals surface area (Å²) in [7, 11) is 0. The molecule has 1 aromatic carbocycles. The number of ether oxygens (including phenoxy) is 1. The normalized spacial score (nSPS) is 22.5. The Morgan fingerprint density at radius 2 is 2.21 bits per heavy atom. The molecule has 1 heterocycles. The molecule has 1 saturated heterocycles. The summed E-state index contributed by atoms with van der Waals surface area (Å²) in [6.45, 7) is 2.51. The van der Waals surface area contributed by atoms with E-state index < -0.39 is 0 Å². The van der Waals surface area contributed by atoms with Crippen LogP contribution in [-0.2, 0) is 4.74 Å². The highest BCUT2D eigenvalue weighted by Gasteiger charge is 2.35. The highest BCUT2D eigenvalue weighted by atomic mass is 127. The summed E-state index contributed by atoms with van der Waals surface area (Å²) in [5.41, 5.74) is 0.817. The third-order valence-corrected chi connectivity index (χ3v) is 4.47. The van der Waals surface area contributed by atoms with Crippen molar-refractivity contribution in [2.75, 3.05) is 19.8 Å². The lowest BCUT2D eigenvalue weighted by Crippen LogP contribution is -2.37. The van der Waals surface area contributed by atoms with Gasteiger partial charge in [-0.2, -0.15) is 0 Å². The van der Waals surface area contributed by atoms with Crippen LogP contribution in [-0.4, -0.2) is 36.6 Å².